The van der Waals surface area contributed by atoms with Gasteiger partial charge in [-0.3, -0.25) is 4.79 Å². The average Bonchev–Trinajstić information content (AvgIpc) is 2.48. The zero-order valence-corrected chi connectivity index (χ0v) is 13.4. The summed E-state index contributed by atoms with van der Waals surface area (Å²) in [4.78, 5) is 7.94. The Morgan fingerprint density at radius 3 is 2.17 bits per heavy atom. The number of esters is 1. The first-order valence-electron chi connectivity index (χ1n) is 4.76. The van der Waals surface area contributed by atoms with E-state index in [1.165, 1.54) is 13.0 Å². The summed E-state index contributed by atoms with van der Waals surface area (Å²) in [7, 11) is 0. The third-order valence-electron chi connectivity index (χ3n) is 2.95. The molecule has 0 radical (unpaired) electrons. The van der Waals surface area contributed by atoms with E-state index in [2.05, 4.69) is 0 Å². The fraction of sp³-hybridized carbons (Fsp3) is 0.500. The summed E-state index contributed by atoms with van der Waals surface area (Å²) >= 11 is 37.2. The maximum Gasteiger partial charge on any atom is 0.302 e. The molecule has 0 unspecified atom stereocenters. The second-order valence-electron chi connectivity index (χ2n) is 4.02. The lowest BCUT2D eigenvalue weighted by Gasteiger charge is -2.33. The van der Waals surface area contributed by atoms with Crippen molar-refractivity contribution < 1.29 is 9.53 Å². The van der Waals surface area contributed by atoms with Crippen LogP contribution in [0.2, 0.25) is 0 Å². The van der Waals surface area contributed by atoms with E-state index in [1.54, 1.807) is 0 Å². The molecular formula is C10H6Cl6O2. The Kier molecular flexibility index (Phi) is 3.64. The third-order valence-corrected chi connectivity index (χ3v) is 7.05. The van der Waals surface area contributed by atoms with E-state index in [-0.39, 0.29) is 16.7 Å². The van der Waals surface area contributed by atoms with Crippen LogP contribution in [0, 0.1) is 0 Å². The Bertz CT molecular complexity index is 497. The van der Waals surface area contributed by atoms with Crippen molar-refractivity contribution in [3.05, 3.63) is 21.7 Å². The van der Waals surface area contributed by atoms with Gasteiger partial charge in [-0.15, -0.1) is 23.2 Å². The minimum Gasteiger partial charge on any atom is -0.461 e. The number of hydrogen-bond donors (Lipinski definition) is 0. The Morgan fingerprint density at radius 2 is 1.78 bits per heavy atom. The molecule has 0 N–H and O–H groups in total. The number of ether oxygens (including phenoxy) is 1. The van der Waals surface area contributed by atoms with Crippen molar-refractivity contribution in [3.63, 3.8) is 0 Å². The molecule has 0 fully saturated rings. The summed E-state index contributed by atoms with van der Waals surface area (Å²) < 4.78 is 3.23. The molecule has 2 bridgehead atoms. The van der Waals surface area contributed by atoms with Crippen LogP contribution in [0.1, 0.15) is 6.92 Å². The summed E-state index contributed by atoms with van der Waals surface area (Å²) in [5, 5.41) is 0.132. The van der Waals surface area contributed by atoms with Crippen molar-refractivity contribution in [1.29, 1.82) is 0 Å². The molecule has 2 aliphatic carbocycles. The molecule has 0 spiro atoms. The lowest BCUT2D eigenvalue weighted by Crippen LogP contribution is -2.45. The molecule has 0 saturated carbocycles. The molecule has 0 aromatic heterocycles. The maximum atomic E-state index is 10.8. The second kappa shape index (κ2) is 4.34. The van der Waals surface area contributed by atoms with E-state index >= 15 is 0 Å². The molecule has 0 aromatic rings. The minimum atomic E-state index is -1.65. The van der Waals surface area contributed by atoms with E-state index in [0.717, 1.165) is 0 Å². The number of rotatable bonds is 2. The van der Waals surface area contributed by atoms with Crippen LogP contribution < -0.4 is 0 Å². The Balaban J connectivity index is 2.45. The fourth-order valence-electron chi connectivity index (χ4n) is 1.99. The highest BCUT2D eigenvalue weighted by Crippen LogP contribution is 2.71. The monoisotopic (exact) mass is 368 g/mol. The lowest BCUT2D eigenvalue weighted by atomic mass is 10.0. The standard InChI is InChI=1S/C10H6Cl6O2/c1-4(17)18-3-5-2-8(13)6(11)7(12)9(5,14)10(8,15)16/h2H,3H2,1H3/t8-,9+/m1/s1. The summed E-state index contributed by atoms with van der Waals surface area (Å²) in [6.45, 7) is 1.17. The van der Waals surface area contributed by atoms with Gasteiger partial charge >= 0.3 is 5.97 Å². The zero-order valence-electron chi connectivity index (χ0n) is 8.87. The van der Waals surface area contributed by atoms with Crippen molar-refractivity contribution in [2.24, 2.45) is 0 Å². The number of allylic oxidation sites excluding steroid dienone is 3. The van der Waals surface area contributed by atoms with Crippen LogP contribution in [0.3, 0.4) is 0 Å². The minimum absolute atomic E-state index is 0.0514. The smallest absolute Gasteiger partial charge is 0.302 e. The molecule has 2 nitrogen and oxygen atoms in total. The summed E-state index contributed by atoms with van der Waals surface area (Å²) in [6, 6.07) is 0. The van der Waals surface area contributed by atoms with Crippen LogP contribution in [0.4, 0.5) is 0 Å². The molecule has 0 saturated heterocycles. The van der Waals surface area contributed by atoms with Gasteiger partial charge in [-0.2, -0.15) is 0 Å². The fourth-order valence-corrected chi connectivity index (χ4v) is 4.53. The molecule has 0 heterocycles. The van der Waals surface area contributed by atoms with Crippen LogP contribution in [0.15, 0.2) is 21.7 Å². The number of fused-ring (bicyclic) bond motifs is 2. The van der Waals surface area contributed by atoms with Crippen molar-refractivity contribution >= 4 is 75.6 Å². The lowest BCUT2D eigenvalue weighted by molar-refractivity contribution is -0.140. The van der Waals surface area contributed by atoms with E-state index in [9.17, 15) is 4.79 Å². The highest BCUT2D eigenvalue weighted by molar-refractivity contribution is 6.66. The number of carbonyl (C=O) groups is 1. The molecule has 100 valence electrons. The SMILES string of the molecule is CC(=O)OCC1=C[C@@]2(Cl)C(Cl)=C(Cl)[C@]1(Cl)C2(Cl)Cl. The Labute approximate surface area is 134 Å². The van der Waals surface area contributed by atoms with Gasteiger partial charge in [0.25, 0.3) is 0 Å². The number of hydrogen-bond acceptors (Lipinski definition) is 2. The van der Waals surface area contributed by atoms with Gasteiger partial charge in [-0.05, 0) is 5.57 Å². The highest BCUT2D eigenvalue weighted by atomic mass is 35.5. The number of alkyl halides is 4. The summed E-state index contributed by atoms with van der Waals surface area (Å²) in [5.41, 5.74) is 0.411. The van der Waals surface area contributed by atoms with Crippen LogP contribution in [-0.4, -0.2) is 26.7 Å². The summed E-state index contributed by atoms with van der Waals surface area (Å²) in [5.74, 6) is -0.469. The van der Waals surface area contributed by atoms with Gasteiger partial charge in [-0.1, -0.05) is 52.5 Å². The first-order valence-corrected chi connectivity index (χ1v) is 7.03. The van der Waals surface area contributed by atoms with Crippen LogP contribution in [0.5, 0.6) is 0 Å². The van der Waals surface area contributed by atoms with Crippen LogP contribution in [-0.2, 0) is 9.53 Å². The average molecular weight is 371 g/mol. The quantitative estimate of drug-likeness (QED) is 0.411. The Hall–Kier alpha value is 0.690. The van der Waals surface area contributed by atoms with Gasteiger partial charge in [0, 0.05) is 6.92 Å². The van der Waals surface area contributed by atoms with Gasteiger partial charge in [0.2, 0.25) is 0 Å². The molecule has 2 atom stereocenters. The number of halogens is 6. The molecular weight excluding hydrogens is 365 g/mol. The third kappa shape index (κ3) is 1.60. The normalized spacial score (nSPS) is 36.9. The van der Waals surface area contributed by atoms with Crippen LogP contribution >= 0.6 is 69.6 Å². The summed E-state index contributed by atoms with van der Waals surface area (Å²) in [6.07, 6.45) is 1.48. The van der Waals surface area contributed by atoms with E-state index < -0.39 is 20.1 Å². The van der Waals surface area contributed by atoms with E-state index in [1.807, 2.05) is 0 Å². The van der Waals surface area contributed by atoms with Crippen molar-refractivity contribution in [2.45, 2.75) is 21.0 Å². The number of carbonyl (C=O) groups excluding carboxylic acids is 1. The van der Waals surface area contributed by atoms with Gasteiger partial charge in [-0.25, -0.2) is 0 Å². The van der Waals surface area contributed by atoms with Crippen molar-refractivity contribution in [3.8, 4) is 0 Å². The molecule has 0 amide bonds. The van der Waals surface area contributed by atoms with Gasteiger partial charge < -0.3 is 4.74 Å². The maximum absolute atomic E-state index is 10.8. The largest absolute Gasteiger partial charge is 0.461 e. The van der Waals surface area contributed by atoms with Gasteiger partial charge in [0.1, 0.15) is 16.4 Å². The molecule has 2 aliphatic rings. The predicted octanol–water partition coefficient (Wildman–Crippen LogP) is 4.32. The first kappa shape index (κ1) is 15.1. The molecule has 18 heavy (non-hydrogen) atoms. The van der Waals surface area contributed by atoms with E-state index in [4.69, 9.17) is 74.3 Å². The van der Waals surface area contributed by atoms with Crippen molar-refractivity contribution in [2.75, 3.05) is 6.61 Å². The molecule has 0 aromatic carbocycles. The second-order valence-corrected chi connectivity index (χ2v) is 7.27. The van der Waals surface area contributed by atoms with Crippen molar-refractivity contribution in [1.82, 2.24) is 0 Å². The zero-order chi connectivity index (χ0) is 13.9. The molecule has 8 heteroatoms. The molecule has 0 aliphatic heterocycles. The van der Waals surface area contributed by atoms with Gasteiger partial charge in [0.05, 0.1) is 10.1 Å². The van der Waals surface area contributed by atoms with Crippen LogP contribution in [0.25, 0.3) is 0 Å². The van der Waals surface area contributed by atoms with E-state index in [0.29, 0.717) is 5.57 Å². The first-order chi connectivity index (χ1) is 8.09. The van der Waals surface area contributed by atoms with Gasteiger partial charge in [0.15, 0.2) is 4.33 Å². The molecule has 2 rings (SSSR count). The topological polar surface area (TPSA) is 26.3 Å². The predicted molar refractivity (Wildman–Crippen MR) is 75.1 cm³/mol. The Morgan fingerprint density at radius 1 is 1.22 bits per heavy atom. The highest BCUT2D eigenvalue weighted by Gasteiger charge is 2.75.